The highest BCUT2D eigenvalue weighted by atomic mass is 16.5. The Kier molecular flexibility index (Phi) is 7.89. The van der Waals surface area contributed by atoms with Gasteiger partial charge in [0.15, 0.2) is 0 Å². The SMILES string of the molecule is CC(C)NC(=O)N1CCCC(c2cccc(C(=O)NCCN3CCOCC3)c2)C1. The summed E-state index contributed by atoms with van der Waals surface area (Å²) in [5.74, 6) is 0.230. The van der Waals surface area contributed by atoms with Gasteiger partial charge in [0.2, 0.25) is 0 Å². The maximum atomic E-state index is 12.6. The number of hydrogen-bond acceptors (Lipinski definition) is 4. The number of nitrogens with one attached hydrogen (secondary N) is 2. The van der Waals surface area contributed by atoms with Crippen LogP contribution in [0.5, 0.6) is 0 Å². The summed E-state index contributed by atoms with van der Waals surface area (Å²) < 4.78 is 5.35. The number of nitrogens with zero attached hydrogens (tertiary/aromatic N) is 2. The molecule has 3 rings (SSSR count). The molecule has 1 aromatic rings. The third-order valence-corrected chi connectivity index (χ3v) is 5.56. The van der Waals surface area contributed by atoms with Gasteiger partial charge in [0.05, 0.1) is 13.2 Å². The minimum Gasteiger partial charge on any atom is -0.379 e. The average Bonchev–Trinajstić information content (AvgIpc) is 2.74. The zero-order valence-electron chi connectivity index (χ0n) is 17.7. The maximum Gasteiger partial charge on any atom is 0.317 e. The lowest BCUT2D eigenvalue weighted by molar-refractivity contribution is 0.0383. The van der Waals surface area contributed by atoms with Crippen molar-refractivity contribution in [2.75, 3.05) is 52.5 Å². The molecular weight excluding hydrogens is 368 g/mol. The molecule has 160 valence electrons. The largest absolute Gasteiger partial charge is 0.379 e. The summed E-state index contributed by atoms with van der Waals surface area (Å²) in [6.07, 6.45) is 2.01. The van der Waals surface area contributed by atoms with Crippen LogP contribution in [0.4, 0.5) is 4.79 Å². The first-order valence-corrected chi connectivity index (χ1v) is 10.8. The van der Waals surface area contributed by atoms with Gasteiger partial charge in [0.1, 0.15) is 0 Å². The second-order valence-corrected chi connectivity index (χ2v) is 8.22. The number of carbonyl (C=O) groups is 2. The lowest BCUT2D eigenvalue weighted by Crippen LogP contribution is -2.47. The number of morpholine rings is 1. The number of benzene rings is 1. The highest BCUT2D eigenvalue weighted by Gasteiger charge is 2.25. The summed E-state index contributed by atoms with van der Waals surface area (Å²) in [5, 5.41) is 6.00. The predicted molar refractivity (Wildman–Crippen MR) is 113 cm³/mol. The quantitative estimate of drug-likeness (QED) is 0.764. The van der Waals surface area contributed by atoms with Crippen LogP contribution in [0.3, 0.4) is 0 Å². The summed E-state index contributed by atoms with van der Waals surface area (Å²) >= 11 is 0. The van der Waals surface area contributed by atoms with Gasteiger partial charge in [-0.2, -0.15) is 0 Å². The summed E-state index contributed by atoms with van der Waals surface area (Å²) in [4.78, 5) is 29.1. The number of piperidine rings is 1. The molecule has 0 radical (unpaired) electrons. The number of ether oxygens (including phenoxy) is 1. The molecule has 2 aliphatic heterocycles. The van der Waals surface area contributed by atoms with Gasteiger partial charge in [-0.05, 0) is 44.4 Å². The zero-order valence-corrected chi connectivity index (χ0v) is 17.7. The van der Waals surface area contributed by atoms with Crippen molar-refractivity contribution in [1.82, 2.24) is 20.4 Å². The van der Waals surface area contributed by atoms with Crippen LogP contribution < -0.4 is 10.6 Å². The molecule has 0 aliphatic carbocycles. The number of amides is 3. The molecule has 0 bridgehead atoms. The monoisotopic (exact) mass is 402 g/mol. The Labute approximate surface area is 173 Å². The topological polar surface area (TPSA) is 73.9 Å². The third kappa shape index (κ3) is 6.44. The Bertz CT molecular complexity index is 688. The summed E-state index contributed by atoms with van der Waals surface area (Å²) in [6, 6.07) is 7.99. The van der Waals surface area contributed by atoms with Gasteiger partial charge in [-0.25, -0.2) is 4.79 Å². The van der Waals surface area contributed by atoms with E-state index in [0.717, 1.165) is 57.8 Å². The summed E-state index contributed by atoms with van der Waals surface area (Å²) in [7, 11) is 0. The molecule has 7 heteroatoms. The molecule has 0 spiro atoms. The smallest absolute Gasteiger partial charge is 0.317 e. The number of rotatable bonds is 6. The first-order chi connectivity index (χ1) is 14.0. The highest BCUT2D eigenvalue weighted by Crippen LogP contribution is 2.27. The Morgan fingerprint density at radius 3 is 2.76 bits per heavy atom. The van der Waals surface area contributed by atoms with Crippen molar-refractivity contribution in [2.45, 2.75) is 38.6 Å². The van der Waals surface area contributed by atoms with Crippen molar-refractivity contribution < 1.29 is 14.3 Å². The van der Waals surface area contributed by atoms with E-state index < -0.39 is 0 Å². The molecule has 2 saturated heterocycles. The van der Waals surface area contributed by atoms with Gasteiger partial charge in [-0.15, -0.1) is 0 Å². The second-order valence-electron chi connectivity index (χ2n) is 8.22. The summed E-state index contributed by atoms with van der Waals surface area (Å²) in [5.41, 5.74) is 1.82. The molecule has 7 nitrogen and oxygen atoms in total. The fourth-order valence-corrected chi connectivity index (χ4v) is 3.96. The number of likely N-dealkylation sites (tertiary alicyclic amines) is 1. The Morgan fingerprint density at radius 1 is 1.21 bits per heavy atom. The van der Waals surface area contributed by atoms with Crippen molar-refractivity contribution in [2.24, 2.45) is 0 Å². The van der Waals surface area contributed by atoms with E-state index in [1.54, 1.807) is 0 Å². The number of carbonyl (C=O) groups excluding carboxylic acids is 2. The van der Waals surface area contributed by atoms with E-state index in [-0.39, 0.29) is 23.9 Å². The van der Waals surface area contributed by atoms with Crippen LogP contribution >= 0.6 is 0 Å². The van der Waals surface area contributed by atoms with Crippen molar-refractivity contribution in [1.29, 1.82) is 0 Å². The van der Waals surface area contributed by atoms with Gasteiger partial charge >= 0.3 is 6.03 Å². The normalized spacial score (nSPS) is 20.5. The van der Waals surface area contributed by atoms with E-state index >= 15 is 0 Å². The minimum atomic E-state index is -0.0367. The zero-order chi connectivity index (χ0) is 20.6. The van der Waals surface area contributed by atoms with E-state index in [9.17, 15) is 9.59 Å². The van der Waals surface area contributed by atoms with E-state index in [0.29, 0.717) is 18.7 Å². The van der Waals surface area contributed by atoms with Crippen molar-refractivity contribution >= 4 is 11.9 Å². The molecule has 3 amide bonds. The molecule has 1 aromatic carbocycles. The van der Waals surface area contributed by atoms with Crippen LogP contribution in [0.1, 0.15) is 48.5 Å². The first-order valence-electron chi connectivity index (χ1n) is 10.8. The maximum absolute atomic E-state index is 12.6. The number of hydrogen-bond donors (Lipinski definition) is 2. The Hall–Kier alpha value is -2.12. The molecule has 2 aliphatic rings. The lowest BCUT2D eigenvalue weighted by atomic mass is 9.89. The van der Waals surface area contributed by atoms with E-state index in [4.69, 9.17) is 4.74 Å². The van der Waals surface area contributed by atoms with Crippen molar-refractivity contribution in [3.05, 3.63) is 35.4 Å². The minimum absolute atomic E-state index is 0.00158. The van der Waals surface area contributed by atoms with E-state index in [1.165, 1.54) is 0 Å². The molecule has 2 fully saturated rings. The fourth-order valence-electron chi connectivity index (χ4n) is 3.96. The molecule has 0 saturated carbocycles. The molecule has 29 heavy (non-hydrogen) atoms. The molecular formula is C22H34N4O3. The van der Waals surface area contributed by atoms with Crippen LogP contribution in [-0.4, -0.2) is 80.3 Å². The van der Waals surface area contributed by atoms with Crippen molar-refractivity contribution in [3.63, 3.8) is 0 Å². The van der Waals surface area contributed by atoms with Gasteiger partial charge in [-0.3, -0.25) is 9.69 Å². The third-order valence-electron chi connectivity index (χ3n) is 5.56. The Balaban J connectivity index is 1.54. The number of urea groups is 1. The fraction of sp³-hybridized carbons (Fsp3) is 0.636. The van der Waals surface area contributed by atoms with E-state index in [1.807, 2.05) is 36.9 Å². The van der Waals surface area contributed by atoms with Gasteiger partial charge in [0, 0.05) is 56.8 Å². The highest BCUT2D eigenvalue weighted by molar-refractivity contribution is 5.94. The molecule has 2 N–H and O–H groups in total. The van der Waals surface area contributed by atoms with Crippen molar-refractivity contribution in [3.8, 4) is 0 Å². The standard InChI is InChI=1S/C22H34N4O3/c1-17(2)24-22(28)26-9-4-7-20(16-26)18-5-3-6-19(15-18)21(27)23-8-10-25-11-13-29-14-12-25/h3,5-6,15,17,20H,4,7-14,16H2,1-2H3,(H,23,27)(H,24,28). The van der Waals surface area contributed by atoms with Gasteiger partial charge in [0.25, 0.3) is 5.91 Å². The van der Waals surface area contributed by atoms with Crippen LogP contribution in [0.2, 0.25) is 0 Å². The summed E-state index contributed by atoms with van der Waals surface area (Å²) in [6.45, 7) is 10.3. The lowest BCUT2D eigenvalue weighted by Gasteiger charge is -2.33. The van der Waals surface area contributed by atoms with Gasteiger partial charge < -0.3 is 20.3 Å². The van der Waals surface area contributed by atoms with Crippen LogP contribution in [0.15, 0.2) is 24.3 Å². The molecule has 1 atom stereocenters. The molecule has 0 aromatic heterocycles. The van der Waals surface area contributed by atoms with Crippen LogP contribution in [-0.2, 0) is 4.74 Å². The van der Waals surface area contributed by atoms with E-state index in [2.05, 4.69) is 21.6 Å². The predicted octanol–water partition coefficient (Wildman–Crippen LogP) is 2.05. The van der Waals surface area contributed by atoms with Crippen LogP contribution in [0, 0.1) is 0 Å². The van der Waals surface area contributed by atoms with Crippen LogP contribution in [0.25, 0.3) is 0 Å². The molecule has 2 heterocycles. The molecule has 1 unspecified atom stereocenters. The second kappa shape index (κ2) is 10.6. The Morgan fingerprint density at radius 2 is 2.00 bits per heavy atom. The average molecular weight is 403 g/mol. The van der Waals surface area contributed by atoms with Gasteiger partial charge in [-0.1, -0.05) is 12.1 Å². The first kappa shape index (κ1) is 21.6.